The summed E-state index contributed by atoms with van der Waals surface area (Å²) in [5.74, 6) is -0.277. The minimum Gasteiger partial charge on any atom is -0.309 e. The molecule has 3 rings (SSSR count). The summed E-state index contributed by atoms with van der Waals surface area (Å²) in [5, 5.41) is 4.22. The molecule has 0 N–H and O–H groups in total. The van der Waals surface area contributed by atoms with Crippen LogP contribution in [0.25, 0.3) is 5.13 Å². The van der Waals surface area contributed by atoms with Crippen LogP contribution in [0.4, 0.5) is 5.69 Å². The van der Waals surface area contributed by atoms with E-state index in [1.165, 1.54) is 15.8 Å². The molecule has 0 bridgehead atoms. The van der Waals surface area contributed by atoms with Gasteiger partial charge in [0.25, 0.3) is 16.0 Å². The predicted molar refractivity (Wildman–Crippen MR) is 106 cm³/mol. The Morgan fingerprint density at radius 1 is 1.38 bits per heavy atom. The fourth-order valence-corrected chi connectivity index (χ4v) is 3.79. The normalized spacial score (nSPS) is 11.6. The Hall–Kier alpha value is -2.90. The number of anilines is 1. The largest absolute Gasteiger partial charge is 0.352 e. The summed E-state index contributed by atoms with van der Waals surface area (Å²) in [6.07, 6.45) is 5.37. The van der Waals surface area contributed by atoms with E-state index < -0.39 is 15.8 Å². The van der Waals surface area contributed by atoms with Crippen molar-refractivity contribution < 1.29 is 17.4 Å². The molecule has 0 fully saturated rings. The second-order valence-electron chi connectivity index (χ2n) is 6.02. The van der Waals surface area contributed by atoms with Crippen LogP contribution in [-0.4, -0.2) is 58.6 Å². The number of carbonyl (C=O) groups is 1. The molecule has 29 heavy (non-hydrogen) atoms. The van der Waals surface area contributed by atoms with Crippen molar-refractivity contribution in [1.82, 2.24) is 24.3 Å². The van der Waals surface area contributed by atoms with Gasteiger partial charge in [-0.1, -0.05) is 11.3 Å². The highest BCUT2D eigenvalue weighted by Gasteiger charge is 2.22. The maximum Gasteiger partial charge on any atom is 0.352 e. The van der Waals surface area contributed by atoms with Gasteiger partial charge in [-0.2, -0.15) is 13.5 Å². The Bertz CT molecular complexity index is 1180. The summed E-state index contributed by atoms with van der Waals surface area (Å²) >= 11 is 1.06. The van der Waals surface area contributed by atoms with E-state index >= 15 is 0 Å². The number of thiazole rings is 1. The second kappa shape index (κ2) is 8.23. The molecular weight excluding hydrogens is 420 g/mol. The van der Waals surface area contributed by atoms with E-state index in [2.05, 4.69) is 19.2 Å². The molecule has 1 amide bonds. The van der Waals surface area contributed by atoms with Crippen molar-refractivity contribution in [1.29, 1.82) is 0 Å². The lowest BCUT2D eigenvalue weighted by Gasteiger charge is -2.15. The zero-order valence-electron chi connectivity index (χ0n) is 15.8. The van der Waals surface area contributed by atoms with Crippen LogP contribution in [0.1, 0.15) is 15.4 Å². The van der Waals surface area contributed by atoms with E-state index in [9.17, 15) is 18.0 Å². The second-order valence-corrected chi connectivity index (χ2v) is 8.64. The molecule has 0 radical (unpaired) electrons. The van der Waals surface area contributed by atoms with Gasteiger partial charge in [-0.25, -0.2) is 19.0 Å². The number of aromatic nitrogens is 5. The van der Waals surface area contributed by atoms with Crippen LogP contribution < -0.4 is 10.6 Å². The lowest BCUT2D eigenvalue weighted by molar-refractivity contribution is 0.0996. The molecule has 0 aliphatic rings. The molecule has 0 saturated heterocycles. The van der Waals surface area contributed by atoms with Crippen LogP contribution >= 0.6 is 11.3 Å². The number of amides is 1. The third kappa shape index (κ3) is 4.75. The van der Waals surface area contributed by atoms with E-state index in [1.807, 2.05) is 0 Å². The van der Waals surface area contributed by atoms with Gasteiger partial charge in [0, 0.05) is 13.2 Å². The first kappa shape index (κ1) is 20.8. The van der Waals surface area contributed by atoms with Gasteiger partial charge in [0.2, 0.25) is 0 Å². The molecule has 0 aliphatic carbocycles. The average Bonchev–Trinajstić information content (AvgIpc) is 3.23. The van der Waals surface area contributed by atoms with Gasteiger partial charge in [0.05, 0.1) is 37.0 Å². The molecule has 154 valence electrons. The highest BCUT2D eigenvalue weighted by atomic mass is 32.2. The third-order valence-corrected chi connectivity index (χ3v) is 5.60. The van der Waals surface area contributed by atoms with Gasteiger partial charge in [0.15, 0.2) is 5.13 Å². The minimum absolute atomic E-state index is 0.0429. The van der Waals surface area contributed by atoms with E-state index in [-0.39, 0.29) is 24.2 Å². The van der Waals surface area contributed by atoms with Crippen molar-refractivity contribution in [2.45, 2.75) is 13.5 Å². The number of nitrogens with zero attached hydrogens (tertiary/aromatic N) is 6. The van der Waals surface area contributed by atoms with E-state index in [4.69, 9.17) is 0 Å². The van der Waals surface area contributed by atoms with Gasteiger partial charge in [-0.3, -0.25) is 14.0 Å². The predicted octanol–water partition coefficient (Wildman–Crippen LogP) is 0.447. The quantitative estimate of drug-likeness (QED) is 0.486. The smallest absolute Gasteiger partial charge is 0.309 e. The Balaban J connectivity index is 1.82. The lowest BCUT2D eigenvalue weighted by Crippen LogP contribution is -2.26. The number of pyridine rings is 1. The van der Waals surface area contributed by atoms with Crippen LogP contribution in [0.5, 0.6) is 0 Å². The van der Waals surface area contributed by atoms with Gasteiger partial charge in [-0.05, 0) is 19.1 Å². The molecule has 0 saturated carbocycles. The summed E-state index contributed by atoms with van der Waals surface area (Å²) in [6, 6.07) is 3.49. The zero-order valence-corrected chi connectivity index (χ0v) is 17.5. The number of carbonyl (C=O) groups excluding carboxylic acids is 1. The SMILES string of the molecule is Cc1nc(-n2cnn(CCOS(C)(=O)=O)c2=O)sc1C(=O)N(C)c1cccnc1. The molecule has 3 heterocycles. The van der Waals surface area contributed by atoms with E-state index in [0.29, 0.717) is 16.3 Å². The number of hydrogen-bond donors (Lipinski definition) is 0. The first-order valence-corrected chi connectivity index (χ1v) is 11.0. The molecule has 3 aromatic heterocycles. The van der Waals surface area contributed by atoms with Crippen molar-refractivity contribution in [2.75, 3.05) is 24.8 Å². The summed E-state index contributed by atoms with van der Waals surface area (Å²) in [6.45, 7) is 1.42. The molecule has 11 nitrogen and oxygen atoms in total. The Kier molecular flexibility index (Phi) is 5.91. The van der Waals surface area contributed by atoms with E-state index in [0.717, 1.165) is 22.3 Å². The maximum atomic E-state index is 12.8. The topological polar surface area (TPSA) is 129 Å². The number of aryl methyl sites for hydroxylation is 1. The number of rotatable bonds is 7. The fourth-order valence-electron chi connectivity index (χ4n) is 2.40. The van der Waals surface area contributed by atoms with Gasteiger partial charge < -0.3 is 4.90 Å². The minimum atomic E-state index is -3.60. The molecule has 0 aromatic carbocycles. The summed E-state index contributed by atoms with van der Waals surface area (Å²) in [5.41, 5.74) is 0.587. The van der Waals surface area contributed by atoms with Crippen molar-refractivity contribution in [3.8, 4) is 5.13 Å². The highest BCUT2D eigenvalue weighted by Crippen LogP contribution is 2.24. The molecule has 13 heteroatoms. The lowest BCUT2D eigenvalue weighted by atomic mass is 10.3. The van der Waals surface area contributed by atoms with Crippen molar-refractivity contribution in [3.63, 3.8) is 0 Å². The number of hydrogen-bond acceptors (Lipinski definition) is 9. The molecule has 0 aliphatic heterocycles. The highest BCUT2D eigenvalue weighted by molar-refractivity contribution is 7.85. The van der Waals surface area contributed by atoms with Crippen molar-refractivity contribution >= 4 is 33.0 Å². The van der Waals surface area contributed by atoms with Crippen LogP contribution in [0.2, 0.25) is 0 Å². The van der Waals surface area contributed by atoms with Gasteiger partial charge in [0.1, 0.15) is 11.2 Å². The standard InChI is InChI=1S/C16H18N6O5S2/c1-11-13(14(23)20(2)12-5-4-6-17-9-12)28-15(19-11)21-10-18-22(16(21)24)7-8-27-29(3,25)26/h4-6,9-10H,7-8H2,1-3H3. The zero-order chi connectivity index (χ0) is 21.2. The first-order chi connectivity index (χ1) is 13.7. The molecule has 0 unspecified atom stereocenters. The summed E-state index contributed by atoms with van der Waals surface area (Å²) < 4.78 is 28.9. The Morgan fingerprint density at radius 2 is 2.14 bits per heavy atom. The van der Waals surface area contributed by atoms with Crippen molar-refractivity contribution in [2.24, 2.45) is 0 Å². The third-order valence-electron chi connectivity index (χ3n) is 3.86. The van der Waals surface area contributed by atoms with Crippen LogP contribution in [0, 0.1) is 6.92 Å². The van der Waals surface area contributed by atoms with Crippen LogP contribution in [0.15, 0.2) is 35.6 Å². The molecule has 3 aromatic rings. The monoisotopic (exact) mass is 438 g/mol. The Labute approximate surface area is 170 Å². The first-order valence-electron chi connectivity index (χ1n) is 8.32. The fraction of sp³-hybridized carbons (Fsp3) is 0.312. The molecular formula is C16H18N6O5S2. The average molecular weight is 438 g/mol. The van der Waals surface area contributed by atoms with Gasteiger partial charge >= 0.3 is 5.69 Å². The summed E-state index contributed by atoms with van der Waals surface area (Å²) in [7, 11) is -1.97. The van der Waals surface area contributed by atoms with Crippen LogP contribution in [0.3, 0.4) is 0 Å². The maximum absolute atomic E-state index is 12.8. The van der Waals surface area contributed by atoms with E-state index in [1.54, 1.807) is 38.5 Å². The molecule has 0 spiro atoms. The molecule has 0 atom stereocenters. The van der Waals surface area contributed by atoms with Crippen molar-refractivity contribution in [3.05, 3.63) is 51.9 Å². The Morgan fingerprint density at radius 3 is 2.79 bits per heavy atom. The van der Waals surface area contributed by atoms with Gasteiger partial charge in [-0.15, -0.1) is 0 Å². The van der Waals surface area contributed by atoms with Crippen LogP contribution in [-0.2, 0) is 20.8 Å². The summed E-state index contributed by atoms with van der Waals surface area (Å²) in [4.78, 5) is 35.5.